The Morgan fingerprint density at radius 3 is 2.93 bits per heavy atom. The lowest BCUT2D eigenvalue weighted by Crippen LogP contribution is -2.10. The van der Waals surface area contributed by atoms with Crippen LogP contribution in [0, 0.1) is 0 Å². The van der Waals surface area contributed by atoms with Crippen molar-refractivity contribution >= 4 is 23.4 Å². The number of hydrogen-bond acceptors (Lipinski definition) is 3. The standard InChI is InChI=1S/C10H14ClNOS/c1-3-12-7-14-10-6-8(11)4-5-9(10)13-2/h4-6,12H,3,7H2,1-2H3. The van der Waals surface area contributed by atoms with Crippen molar-refractivity contribution in [2.75, 3.05) is 19.5 Å². The van der Waals surface area contributed by atoms with Crippen molar-refractivity contribution in [3.05, 3.63) is 23.2 Å². The molecule has 1 N–H and O–H groups in total. The van der Waals surface area contributed by atoms with E-state index in [0.717, 1.165) is 28.1 Å². The van der Waals surface area contributed by atoms with E-state index < -0.39 is 0 Å². The minimum Gasteiger partial charge on any atom is -0.496 e. The van der Waals surface area contributed by atoms with Crippen molar-refractivity contribution in [2.45, 2.75) is 11.8 Å². The van der Waals surface area contributed by atoms with Crippen LogP contribution in [-0.4, -0.2) is 19.5 Å². The highest BCUT2D eigenvalue weighted by molar-refractivity contribution is 7.99. The maximum absolute atomic E-state index is 5.90. The largest absolute Gasteiger partial charge is 0.496 e. The third-order valence-electron chi connectivity index (χ3n) is 1.71. The van der Waals surface area contributed by atoms with Crippen LogP contribution in [-0.2, 0) is 0 Å². The van der Waals surface area contributed by atoms with Gasteiger partial charge in [-0.05, 0) is 24.7 Å². The Balaban J connectivity index is 2.67. The van der Waals surface area contributed by atoms with Crippen molar-refractivity contribution in [2.24, 2.45) is 0 Å². The lowest BCUT2D eigenvalue weighted by atomic mass is 10.3. The van der Waals surface area contributed by atoms with Crippen LogP contribution in [0.1, 0.15) is 6.92 Å². The fraction of sp³-hybridized carbons (Fsp3) is 0.400. The maximum atomic E-state index is 5.90. The topological polar surface area (TPSA) is 21.3 Å². The Labute approximate surface area is 94.0 Å². The Morgan fingerprint density at radius 1 is 1.50 bits per heavy atom. The summed E-state index contributed by atoms with van der Waals surface area (Å²) in [6.45, 7) is 3.05. The van der Waals surface area contributed by atoms with E-state index in [1.807, 2.05) is 18.2 Å². The molecule has 0 heterocycles. The monoisotopic (exact) mass is 231 g/mol. The number of nitrogens with one attached hydrogen (secondary N) is 1. The van der Waals surface area contributed by atoms with E-state index in [-0.39, 0.29) is 0 Å². The zero-order valence-corrected chi connectivity index (χ0v) is 9.91. The van der Waals surface area contributed by atoms with Gasteiger partial charge in [0, 0.05) is 10.9 Å². The summed E-state index contributed by atoms with van der Waals surface area (Å²) in [6.07, 6.45) is 0. The Bertz CT molecular complexity index is 293. The van der Waals surface area contributed by atoms with Gasteiger partial charge in [-0.2, -0.15) is 0 Å². The molecule has 0 saturated heterocycles. The van der Waals surface area contributed by atoms with Gasteiger partial charge in [-0.25, -0.2) is 0 Å². The summed E-state index contributed by atoms with van der Waals surface area (Å²) in [5, 5.41) is 3.97. The molecule has 0 radical (unpaired) electrons. The van der Waals surface area contributed by atoms with Gasteiger partial charge in [-0.15, -0.1) is 11.8 Å². The molecule has 14 heavy (non-hydrogen) atoms. The fourth-order valence-corrected chi connectivity index (χ4v) is 2.20. The number of thioether (sulfide) groups is 1. The third-order valence-corrected chi connectivity index (χ3v) is 2.92. The smallest absolute Gasteiger partial charge is 0.132 e. The average molecular weight is 232 g/mol. The van der Waals surface area contributed by atoms with Gasteiger partial charge < -0.3 is 10.1 Å². The van der Waals surface area contributed by atoms with E-state index in [9.17, 15) is 0 Å². The van der Waals surface area contributed by atoms with E-state index in [0.29, 0.717) is 0 Å². The van der Waals surface area contributed by atoms with Gasteiger partial charge in [-0.1, -0.05) is 18.5 Å². The van der Waals surface area contributed by atoms with Gasteiger partial charge in [0.05, 0.1) is 12.0 Å². The molecule has 1 aromatic rings. The molecule has 0 bridgehead atoms. The summed E-state index contributed by atoms with van der Waals surface area (Å²) in [6, 6.07) is 5.64. The second-order valence-corrected chi connectivity index (χ2v) is 4.14. The van der Waals surface area contributed by atoms with Gasteiger partial charge in [-0.3, -0.25) is 0 Å². The van der Waals surface area contributed by atoms with Gasteiger partial charge in [0.25, 0.3) is 0 Å². The molecule has 0 fully saturated rings. The first kappa shape index (κ1) is 11.7. The number of halogens is 1. The molecule has 0 saturated carbocycles. The first-order chi connectivity index (χ1) is 6.77. The molecule has 1 aromatic carbocycles. The molecule has 1 rings (SSSR count). The van der Waals surface area contributed by atoms with E-state index in [2.05, 4.69) is 12.2 Å². The number of hydrogen-bond donors (Lipinski definition) is 1. The molecule has 0 atom stereocenters. The molecular weight excluding hydrogens is 218 g/mol. The first-order valence-corrected chi connectivity index (χ1v) is 5.81. The summed E-state index contributed by atoms with van der Waals surface area (Å²) < 4.78 is 5.22. The third kappa shape index (κ3) is 3.40. The molecule has 0 amide bonds. The average Bonchev–Trinajstić information content (AvgIpc) is 2.19. The Hall–Kier alpha value is -0.380. The van der Waals surface area contributed by atoms with Crippen LogP contribution in [0.2, 0.25) is 5.02 Å². The summed E-state index contributed by atoms with van der Waals surface area (Å²) in [4.78, 5) is 1.07. The number of benzene rings is 1. The molecule has 0 spiro atoms. The van der Waals surface area contributed by atoms with Crippen molar-refractivity contribution < 1.29 is 4.74 Å². The summed E-state index contributed by atoms with van der Waals surface area (Å²) in [7, 11) is 1.67. The number of methoxy groups -OCH3 is 1. The van der Waals surface area contributed by atoms with Crippen LogP contribution in [0.25, 0.3) is 0 Å². The summed E-state index contributed by atoms with van der Waals surface area (Å²) in [5.74, 6) is 1.74. The predicted molar refractivity (Wildman–Crippen MR) is 62.4 cm³/mol. The molecule has 78 valence electrons. The summed E-state index contributed by atoms with van der Waals surface area (Å²) in [5.41, 5.74) is 0. The molecule has 2 nitrogen and oxygen atoms in total. The van der Waals surface area contributed by atoms with Crippen LogP contribution in [0.3, 0.4) is 0 Å². The molecular formula is C10H14ClNOS. The molecule has 0 unspecified atom stereocenters. The second kappa shape index (κ2) is 6.17. The Kier molecular flexibility index (Phi) is 5.15. The SMILES string of the molecule is CCNCSc1cc(Cl)ccc1OC. The van der Waals surface area contributed by atoms with Gasteiger partial charge in [0.15, 0.2) is 0 Å². The van der Waals surface area contributed by atoms with E-state index in [1.165, 1.54) is 0 Å². The quantitative estimate of drug-likeness (QED) is 0.478. The van der Waals surface area contributed by atoms with Gasteiger partial charge in [0.1, 0.15) is 5.75 Å². The molecule has 0 aliphatic rings. The van der Waals surface area contributed by atoms with E-state index in [4.69, 9.17) is 16.3 Å². The van der Waals surface area contributed by atoms with Gasteiger partial charge in [0.2, 0.25) is 0 Å². The van der Waals surface area contributed by atoms with Crippen molar-refractivity contribution in [1.82, 2.24) is 5.32 Å². The van der Waals surface area contributed by atoms with Crippen LogP contribution in [0.15, 0.2) is 23.1 Å². The first-order valence-electron chi connectivity index (χ1n) is 4.45. The van der Waals surface area contributed by atoms with Crippen molar-refractivity contribution in [3.63, 3.8) is 0 Å². The minimum absolute atomic E-state index is 0.741. The molecule has 4 heteroatoms. The highest BCUT2D eigenvalue weighted by atomic mass is 35.5. The summed E-state index contributed by atoms with van der Waals surface area (Å²) >= 11 is 7.59. The lowest BCUT2D eigenvalue weighted by Gasteiger charge is -2.08. The molecule has 0 aromatic heterocycles. The second-order valence-electron chi connectivity index (χ2n) is 2.69. The zero-order chi connectivity index (χ0) is 10.4. The maximum Gasteiger partial charge on any atom is 0.132 e. The van der Waals surface area contributed by atoms with Crippen molar-refractivity contribution in [1.29, 1.82) is 0 Å². The highest BCUT2D eigenvalue weighted by Crippen LogP contribution is 2.31. The van der Waals surface area contributed by atoms with E-state index >= 15 is 0 Å². The predicted octanol–water partition coefficient (Wildman–Crippen LogP) is 3.01. The van der Waals surface area contributed by atoms with Gasteiger partial charge >= 0.3 is 0 Å². The van der Waals surface area contributed by atoms with Crippen LogP contribution in [0.5, 0.6) is 5.75 Å². The fourth-order valence-electron chi connectivity index (χ4n) is 0.994. The molecule has 0 aliphatic carbocycles. The zero-order valence-electron chi connectivity index (χ0n) is 8.34. The minimum atomic E-state index is 0.741. The van der Waals surface area contributed by atoms with Crippen molar-refractivity contribution in [3.8, 4) is 5.75 Å². The van der Waals surface area contributed by atoms with Crippen LogP contribution in [0.4, 0.5) is 0 Å². The normalized spacial score (nSPS) is 10.2. The van der Waals surface area contributed by atoms with E-state index in [1.54, 1.807) is 18.9 Å². The number of ether oxygens (including phenoxy) is 1. The molecule has 0 aliphatic heterocycles. The Morgan fingerprint density at radius 2 is 2.29 bits per heavy atom. The lowest BCUT2D eigenvalue weighted by molar-refractivity contribution is 0.405. The van der Waals surface area contributed by atoms with Crippen LogP contribution >= 0.6 is 23.4 Å². The number of rotatable bonds is 5. The van der Waals surface area contributed by atoms with Crippen LogP contribution < -0.4 is 10.1 Å². The highest BCUT2D eigenvalue weighted by Gasteiger charge is 2.03.